The van der Waals surface area contributed by atoms with E-state index in [0.717, 1.165) is 6.42 Å². The molecule has 2 unspecified atom stereocenters. The van der Waals surface area contributed by atoms with Crippen molar-refractivity contribution in [2.24, 2.45) is 5.92 Å². The summed E-state index contributed by atoms with van der Waals surface area (Å²) in [5.74, 6) is 0.762. The third kappa shape index (κ3) is 4.39. The van der Waals surface area contributed by atoms with Crippen molar-refractivity contribution in [3.63, 3.8) is 0 Å². The van der Waals surface area contributed by atoms with Gasteiger partial charge in [-0.1, -0.05) is 6.92 Å². The Balaban J connectivity index is 2.28. The molecule has 0 radical (unpaired) electrons. The quantitative estimate of drug-likeness (QED) is 0.546. The van der Waals surface area contributed by atoms with E-state index in [1.54, 1.807) is 4.90 Å². The summed E-state index contributed by atoms with van der Waals surface area (Å²) in [6, 6.07) is 0.0688. The number of rotatable bonds is 6. The first-order chi connectivity index (χ1) is 8.06. The van der Waals surface area contributed by atoms with E-state index in [-0.39, 0.29) is 25.0 Å². The van der Waals surface area contributed by atoms with Gasteiger partial charge in [0.05, 0.1) is 13.0 Å². The maximum atomic E-state index is 11.8. The second kappa shape index (κ2) is 7.11. The number of halogens is 3. The van der Waals surface area contributed by atoms with Gasteiger partial charge in [0.2, 0.25) is 5.91 Å². The second-order valence-corrected chi connectivity index (χ2v) is 4.60. The maximum Gasteiger partial charge on any atom is 0.261 e. The second-order valence-electron chi connectivity index (χ2n) is 4.29. The summed E-state index contributed by atoms with van der Waals surface area (Å²) in [7, 11) is 0. The molecule has 0 aromatic heterocycles. The SMILES string of the molecule is CC1CCN(C(=O)CCOCC(F)F)C1CCl. The van der Waals surface area contributed by atoms with E-state index in [9.17, 15) is 13.6 Å². The number of carbonyl (C=O) groups excluding carboxylic acids is 1. The van der Waals surface area contributed by atoms with E-state index < -0.39 is 13.0 Å². The number of likely N-dealkylation sites (tertiary alicyclic amines) is 1. The fourth-order valence-electron chi connectivity index (χ4n) is 2.03. The fraction of sp³-hybridized carbons (Fsp3) is 0.909. The van der Waals surface area contributed by atoms with Crippen LogP contribution >= 0.6 is 11.6 Å². The standard InChI is InChI=1S/C11H18ClF2NO2/c1-8-2-4-15(9(8)6-12)11(16)3-5-17-7-10(13)14/h8-10H,2-7H2,1H3. The van der Waals surface area contributed by atoms with E-state index >= 15 is 0 Å². The van der Waals surface area contributed by atoms with Crippen LogP contribution in [0.2, 0.25) is 0 Å². The number of hydrogen-bond donors (Lipinski definition) is 0. The van der Waals surface area contributed by atoms with Gasteiger partial charge in [0.25, 0.3) is 6.43 Å². The first-order valence-corrected chi connectivity index (χ1v) is 6.31. The summed E-state index contributed by atoms with van der Waals surface area (Å²) in [5, 5.41) is 0. The summed E-state index contributed by atoms with van der Waals surface area (Å²) in [4.78, 5) is 13.5. The molecule has 1 saturated heterocycles. The lowest BCUT2D eigenvalue weighted by Gasteiger charge is -2.25. The summed E-state index contributed by atoms with van der Waals surface area (Å²) in [6.45, 7) is 2.20. The molecule has 1 aliphatic heterocycles. The lowest BCUT2D eigenvalue weighted by Crippen LogP contribution is -2.39. The van der Waals surface area contributed by atoms with Crippen molar-refractivity contribution in [1.29, 1.82) is 0 Å². The number of alkyl halides is 3. The van der Waals surface area contributed by atoms with Crippen molar-refractivity contribution in [3.05, 3.63) is 0 Å². The molecule has 1 aliphatic rings. The van der Waals surface area contributed by atoms with E-state index in [4.69, 9.17) is 16.3 Å². The van der Waals surface area contributed by atoms with Crippen molar-refractivity contribution in [3.8, 4) is 0 Å². The third-order valence-electron chi connectivity index (χ3n) is 3.07. The molecular formula is C11H18ClF2NO2. The summed E-state index contributed by atoms with van der Waals surface area (Å²) >= 11 is 5.82. The molecule has 17 heavy (non-hydrogen) atoms. The van der Waals surface area contributed by atoms with Gasteiger partial charge < -0.3 is 9.64 Å². The Morgan fingerprint density at radius 3 is 2.88 bits per heavy atom. The number of ether oxygens (including phenoxy) is 1. The van der Waals surface area contributed by atoms with Gasteiger partial charge in [0, 0.05) is 18.5 Å². The Hall–Kier alpha value is -0.420. The van der Waals surface area contributed by atoms with Gasteiger partial charge in [0.1, 0.15) is 6.61 Å². The monoisotopic (exact) mass is 269 g/mol. The highest BCUT2D eigenvalue weighted by molar-refractivity contribution is 6.18. The van der Waals surface area contributed by atoms with Crippen molar-refractivity contribution < 1.29 is 18.3 Å². The average Bonchev–Trinajstić information content (AvgIpc) is 2.65. The summed E-state index contributed by atoms with van der Waals surface area (Å²) < 4.78 is 28.3. The highest BCUT2D eigenvalue weighted by Gasteiger charge is 2.33. The molecule has 0 spiro atoms. The normalized spacial score (nSPS) is 24.6. The molecule has 0 saturated carbocycles. The first-order valence-electron chi connectivity index (χ1n) is 5.77. The van der Waals surface area contributed by atoms with E-state index in [1.165, 1.54) is 0 Å². The van der Waals surface area contributed by atoms with Crippen molar-refractivity contribution in [1.82, 2.24) is 4.90 Å². The van der Waals surface area contributed by atoms with Gasteiger partial charge in [-0.25, -0.2) is 8.78 Å². The molecule has 1 heterocycles. The lowest BCUT2D eigenvalue weighted by atomic mass is 10.1. The molecule has 0 aromatic carbocycles. The molecule has 0 N–H and O–H groups in total. The number of hydrogen-bond acceptors (Lipinski definition) is 2. The van der Waals surface area contributed by atoms with Crippen LogP contribution in [0.3, 0.4) is 0 Å². The molecule has 1 fully saturated rings. The molecule has 3 nitrogen and oxygen atoms in total. The van der Waals surface area contributed by atoms with Gasteiger partial charge in [-0.3, -0.25) is 4.79 Å². The van der Waals surface area contributed by atoms with E-state index in [0.29, 0.717) is 18.3 Å². The average molecular weight is 270 g/mol. The molecule has 1 rings (SSSR count). The maximum absolute atomic E-state index is 11.8. The van der Waals surface area contributed by atoms with E-state index in [2.05, 4.69) is 6.92 Å². The minimum absolute atomic E-state index is 0.0447. The van der Waals surface area contributed by atoms with Crippen molar-refractivity contribution in [2.45, 2.75) is 32.2 Å². The summed E-state index contributed by atoms with van der Waals surface area (Å²) in [6.07, 6.45) is -1.39. The first kappa shape index (κ1) is 14.6. The molecule has 1 amide bonds. The number of nitrogens with zero attached hydrogens (tertiary/aromatic N) is 1. The molecular weight excluding hydrogens is 252 g/mol. The van der Waals surface area contributed by atoms with Crippen LogP contribution in [0, 0.1) is 5.92 Å². The van der Waals surface area contributed by atoms with Crippen LogP contribution in [0.4, 0.5) is 8.78 Å². The predicted octanol–water partition coefficient (Wildman–Crippen LogP) is 2.13. The van der Waals surface area contributed by atoms with Gasteiger partial charge in [-0.15, -0.1) is 11.6 Å². The van der Waals surface area contributed by atoms with Gasteiger partial charge in [0.15, 0.2) is 0 Å². The van der Waals surface area contributed by atoms with Gasteiger partial charge in [-0.2, -0.15) is 0 Å². The Morgan fingerprint density at radius 1 is 1.59 bits per heavy atom. The van der Waals surface area contributed by atoms with Crippen LogP contribution in [0.15, 0.2) is 0 Å². The molecule has 6 heteroatoms. The topological polar surface area (TPSA) is 29.5 Å². The van der Waals surface area contributed by atoms with Crippen molar-refractivity contribution in [2.75, 3.05) is 25.6 Å². The smallest absolute Gasteiger partial charge is 0.261 e. The molecule has 0 aliphatic carbocycles. The predicted molar refractivity (Wildman–Crippen MR) is 61.4 cm³/mol. The minimum Gasteiger partial charge on any atom is -0.375 e. The van der Waals surface area contributed by atoms with Crippen LogP contribution in [-0.2, 0) is 9.53 Å². The minimum atomic E-state index is -2.48. The Kier molecular flexibility index (Phi) is 6.12. The van der Waals surface area contributed by atoms with Crippen LogP contribution < -0.4 is 0 Å². The Labute approximate surface area is 105 Å². The van der Waals surface area contributed by atoms with Crippen LogP contribution in [-0.4, -0.2) is 48.9 Å². The van der Waals surface area contributed by atoms with Crippen LogP contribution in [0.25, 0.3) is 0 Å². The Bertz CT molecular complexity index is 254. The largest absolute Gasteiger partial charge is 0.375 e. The molecule has 100 valence electrons. The zero-order valence-corrected chi connectivity index (χ0v) is 10.6. The zero-order chi connectivity index (χ0) is 12.8. The number of amides is 1. The van der Waals surface area contributed by atoms with Gasteiger partial charge >= 0.3 is 0 Å². The fourth-order valence-corrected chi connectivity index (χ4v) is 2.50. The van der Waals surface area contributed by atoms with Crippen LogP contribution in [0.1, 0.15) is 19.8 Å². The molecule has 0 aromatic rings. The molecule has 2 atom stereocenters. The highest BCUT2D eigenvalue weighted by atomic mass is 35.5. The lowest BCUT2D eigenvalue weighted by molar-refractivity contribution is -0.133. The highest BCUT2D eigenvalue weighted by Crippen LogP contribution is 2.25. The summed E-state index contributed by atoms with van der Waals surface area (Å²) in [5.41, 5.74) is 0. The molecule has 0 bridgehead atoms. The van der Waals surface area contributed by atoms with Crippen molar-refractivity contribution >= 4 is 17.5 Å². The Morgan fingerprint density at radius 2 is 2.29 bits per heavy atom. The van der Waals surface area contributed by atoms with Crippen LogP contribution in [0.5, 0.6) is 0 Å². The zero-order valence-electron chi connectivity index (χ0n) is 9.87. The third-order valence-corrected chi connectivity index (χ3v) is 3.38. The number of carbonyl (C=O) groups is 1. The van der Waals surface area contributed by atoms with Gasteiger partial charge in [-0.05, 0) is 12.3 Å². The van der Waals surface area contributed by atoms with E-state index in [1.807, 2.05) is 0 Å².